The normalized spacial score (nSPS) is 21.4. The number of hydrogen-bond acceptors (Lipinski definition) is 2. The van der Waals surface area contributed by atoms with E-state index in [-0.39, 0.29) is 0 Å². The number of piperidine rings is 1. The van der Waals surface area contributed by atoms with E-state index in [1.54, 1.807) is 0 Å². The Hall–Kier alpha value is -0.570. The van der Waals surface area contributed by atoms with E-state index in [1.807, 2.05) is 13.8 Å². The van der Waals surface area contributed by atoms with Gasteiger partial charge in [0.1, 0.15) is 0 Å². The van der Waals surface area contributed by atoms with Gasteiger partial charge in [0.25, 0.3) is 0 Å². The molecule has 17 heavy (non-hydrogen) atoms. The second-order valence-electron chi connectivity index (χ2n) is 6.80. The van der Waals surface area contributed by atoms with Crippen LogP contribution >= 0.6 is 0 Å². The number of aliphatic carboxylic acids is 1. The summed E-state index contributed by atoms with van der Waals surface area (Å²) in [5, 5.41) is 9.03. The Morgan fingerprint density at radius 1 is 1.29 bits per heavy atom. The Morgan fingerprint density at radius 2 is 1.82 bits per heavy atom. The molecule has 0 aromatic heterocycles. The third-order valence-corrected chi connectivity index (χ3v) is 4.06. The lowest BCUT2D eigenvalue weighted by atomic mass is 9.82. The molecule has 3 heteroatoms. The zero-order chi connectivity index (χ0) is 13.1. The van der Waals surface area contributed by atoms with E-state index in [2.05, 4.69) is 18.7 Å². The Kier molecular flexibility index (Phi) is 4.59. The van der Waals surface area contributed by atoms with Crippen LogP contribution in [0.1, 0.15) is 53.4 Å². The van der Waals surface area contributed by atoms with Gasteiger partial charge < -0.3 is 10.0 Å². The van der Waals surface area contributed by atoms with Crippen LogP contribution in [0.15, 0.2) is 0 Å². The highest BCUT2D eigenvalue weighted by atomic mass is 16.4. The van der Waals surface area contributed by atoms with Gasteiger partial charge in [0.15, 0.2) is 0 Å². The summed E-state index contributed by atoms with van der Waals surface area (Å²) in [5.41, 5.74) is -0.0775. The topological polar surface area (TPSA) is 40.5 Å². The second-order valence-corrected chi connectivity index (χ2v) is 6.80. The van der Waals surface area contributed by atoms with Crippen molar-refractivity contribution in [2.45, 2.75) is 53.4 Å². The number of carbonyl (C=O) groups is 1. The Labute approximate surface area is 105 Å². The molecule has 0 aliphatic carbocycles. The molecule has 0 unspecified atom stereocenters. The van der Waals surface area contributed by atoms with Crippen molar-refractivity contribution < 1.29 is 9.90 Å². The van der Waals surface area contributed by atoms with E-state index in [9.17, 15) is 4.79 Å². The van der Waals surface area contributed by atoms with Crippen LogP contribution in [-0.4, -0.2) is 35.6 Å². The number of nitrogens with zero attached hydrogens (tertiary/aromatic N) is 1. The molecule has 0 spiro atoms. The molecule has 100 valence electrons. The van der Waals surface area contributed by atoms with Gasteiger partial charge in [0, 0.05) is 0 Å². The molecule has 1 N–H and O–H groups in total. The monoisotopic (exact) mass is 241 g/mol. The lowest BCUT2D eigenvalue weighted by Crippen LogP contribution is -2.38. The van der Waals surface area contributed by atoms with Crippen LogP contribution in [0, 0.1) is 10.8 Å². The molecule has 0 atom stereocenters. The quantitative estimate of drug-likeness (QED) is 0.804. The zero-order valence-electron chi connectivity index (χ0n) is 11.8. The summed E-state index contributed by atoms with van der Waals surface area (Å²) in [5.74, 6) is -0.683. The summed E-state index contributed by atoms with van der Waals surface area (Å²) in [7, 11) is 0. The Balaban J connectivity index is 2.23. The van der Waals surface area contributed by atoms with Gasteiger partial charge in [0.2, 0.25) is 0 Å². The van der Waals surface area contributed by atoms with Gasteiger partial charge in [-0.2, -0.15) is 0 Å². The summed E-state index contributed by atoms with van der Waals surface area (Å²) in [4.78, 5) is 13.5. The number of rotatable bonds is 5. The van der Waals surface area contributed by atoms with Gasteiger partial charge in [-0.25, -0.2) is 0 Å². The molecule has 0 aromatic rings. The molecule has 0 bridgehead atoms. The largest absolute Gasteiger partial charge is 0.481 e. The first-order valence-electron chi connectivity index (χ1n) is 6.69. The van der Waals surface area contributed by atoms with E-state index < -0.39 is 11.4 Å². The standard InChI is InChI=1S/C14H27NO2/c1-13(2)7-10-15(11-8-13)9-5-6-14(3,4)12(16)17/h5-11H2,1-4H3,(H,16,17). The maximum absolute atomic E-state index is 11.0. The Morgan fingerprint density at radius 3 is 2.29 bits per heavy atom. The van der Waals surface area contributed by atoms with Gasteiger partial charge >= 0.3 is 5.97 Å². The maximum Gasteiger partial charge on any atom is 0.309 e. The summed E-state index contributed by atoms with van der Waals surface area (Å²) >= 11 is 0. The molecule has 0 saturated carbocycles. The highest BCUT2D eigenvalue weighted by Gasteiger charge is 2.28. The molecule has 1 fully saturated rings. The first-order chi connectivity index (χ1) is 7.73. The van der Waals surface area contributed by atoms with Crippen molar-refractivity contribution >= 4 is 5.97 Å². The lowest BCUT2D eigenvalue weighted by Gasteiger charge is -2.37. The number of carboxylic acids is 1. The van der Waals surface area contributed by atoms with Crippen molar-refractivity contribution in [3.63, 3.8) is 0 Å². The molecule has 1 rings (SSSR count). The molecular formula is C14H27NO2. The number of likely N-dealkylation sites (tertiary alicyclic amines) is 1. The van der Waals surface area contributed by atoms with Crippen molar-refractivity contribution in [3.8, 4) is 0 Å². The summed E-state index contributed by atoms with van der Waals surface area (Å²) < 4.78 is 0. The molecule has 1 aliphatic heterocycles. The van der Waals surface area contributed by atoms with Gasteiger partial charge in [-0.05, 0) is 64.6 Å². The first-order valence-corrected chi connectivity index (χ1v) is 6.69. The molecule has 1 aliphatic rings. The molecule has 3 nitrogen and oxygen atoms in total. The molecule has 1 heterocycles. The minimum Gasteiger partial charge on any atom is -0.481 e. The van der Waals surface area contributed by atoms with Crippen molar-refractivity contribution in [3.05, 3.63) is 0 Å². The predicted molar refractivity (Wildman–Crippen MR) is 70.1 cm³/mol. The third kappa shape index (κ3) is 4.66. The fourth-order valence-electron chi connectivity index (χ4n) is 2.23. The average Bonchev–Trinajstić information content (AvgIpc) is 2.20. The zero-order valence-corrected chi connectivity index (χ0v) is 11.8. The molecule has 0 radical (unpaired) electrons. The number of carboxylic acid groups (broad SMARTS) is 1. The van der Waals surface area contributed by atoms with Crippen LogP contribution in [0.25, 0.3) is 0 Å². The lowest BCUT2D eigenvalue weighted by molar-refractivity contribution is -0.147. The van der Waals surface area contributed by atoms with E-state index in [0.29, 0.717) is 5.41 Å². The van der Waals surface area contributed by atoms with Crippen LogP contribution in [0.3, 0.4) is 0 Å². The van der Waals surface area contributed by atoms with Crippen LogP contribution < -0.4 is 0 Å². The summed E-state index contributed by atoms with van der Waals surface area (Å²) in [6.45, 7) is 11.7. The van der Waals surface area contributed by atoms with Gasteiger partial charge in [-0.15, -0.1) is 0 Å². The minimum atomic E-state index is -0.683. The third-order valence-electron chi connectivity index (χ3n) is 4.06. The molecule has 1 saturated heterocycles. The van der Waals surface area contributed by atoms with E-state index in [0.717, 1.165) is 19.4 Å². The van der Waals surface area contributed by atoms with Crippen LogP contribution in [0.4, 0.5) is 0 Å². The predicted octanol–water partition coefficient (Wildman–Crippen LogP) is 3.00. The SMILES string of the molecule is CC1(C)CCN(CCCC(C)(C)C(=O)O)CC1. The van der Waals surface area contributed by atoms with Crippen LogP contribution in [0.5, 0.6) is 0 Å². The molecular weight excluding hydrogens is 214 g/mol. The van der Waals surface area contributed by atoms with E-state index in [1.165, 1.54) is 25.9 Å². The van der Waals surface area contributed by atoms with E-state index in [4.69, 9.17) is 5.11 Å². The molecule has 0 amide bonds. The van der Waals surface area contributed by atoms with Crippen molar-refractivity contribution in [2.75, 3.05) is 19.6 Å². The fourth-order valence-corrected chi connectivity index (χ4v) is 2.23. The first kappa shape index (κ1) is 14.5. The second kappa shape index (κ2) is 5.38. The summed E-state index contributed by atoms with van der Waals surface area (Å²) in [6, 6.07) is 0. The van der Waals surface area contributed by atoms with Gasteiger partial charge in [-0.3, -0.25) is 4.79 Å². The van der Waals surface area contributed by atoms with Crippen LogP contribution in [-0.2, 0) is 4.79 Å². The van der Waals surface area contributed by atoms with E-state index >= 15 is 0 Å². The van der Waals surface area contributed by atoms with Crippen LogP contribution in [0.2, 0.25) is 0 Å². The Bertz CT molecular complexity index is 261. The highest BCUT2D eigenvalue weighted by Crippen LogP contribution is 2.30. The van der Waals surface area contributed by atoms with Crippen molar-refractivity contribution in [2.24, 2.45) is 10.8 Å². The number of hydrogen-bond donors (Lipinski definition) is 1. The van der Waals surface area contributed by atoms with Gasteiger partial charge in [0.05, 0.1) is 5.41 Å². The maximum atomic E-state index is 11.0. The van der Waals surface area contributed by atoms with Gasteiger partial charge in [-0.1, -0.05) is 13.8 Å². The summed E-state index contributed by atoms with van der Waals surface area (Å²) in [6.07, 6.45) is 4.27. The molecule has 0 aromatic carbocycles. The van der Waals surface area contributed by atoms with Crippen molar-refractivity contribution in [1.82, 2.24) is 4.90 Å². The minimum absolute atomic E-state index is 0.497. The fraction of sp³-hybridized carbons (Fsp3) is 0.929. The smallest absolute Gasteiger partial charge is 0.309 e. The highest BCUT2D eigenvalue weighted by molar-refractivity contribution is 5.73. The van der Waals surface area contributed by atoms with Crippen molar-refractivity contribution in [1.29, 1.82) is 0 Å². The average molecular weight is 241 g/mol.